The van der Waals surface area contributed by atoms with E-state index in [9.17, 15) is 14.4 Å². The minimum absolute atomic E-state index is 0.0796. The van der Waals surface area contributed by atoms with Gasteiger partial charge < -0.3 is 15.0 Å². The van der Waals surface area contributed by atoms with Crippen LogP contribution in [0.1, 0.15) is 57.0 Å². The summed E-state index contributed by atoms with van der Waals surface area (Å²) in [6, 6.07) is 0. The van der Waals surface area contributed by atoms with Gasteiger partial charge in [-0.1, -0.05) is 25.6 Å². The van der Waals surface area contributed by atoms with Crippen molar-refractivity contribution in [3.8, 4) is 0 Å². The molecule has 0 unspecified atom stereocenters. The molecule has 2 heterocycles. The summed E-state index contributed by atoms with van der Waals surface area (Å²) in [6.45, 7) is 10.0. The topological polar surface area (TPSA) is 106 Å². The lowest BCUT2D eigenvalue weighted by Crippen LogP contribution is -2.32. The third-order valence-electron chi connectivity index (χ3n) is 5.97. The molecule has 35 heavy (non-hydrogen) atoms. The average Bonchev–Trinajstić information content (AvgIpc) is 3.28. The van der Waals surface area contributed by atoms with Crippen molar-refractivity contribution in [3.63, 3.8) is 0 Å². The number of hydrogen-bond acceptors (Lipinski definition) is 9. The van der Waals surface area contributed by atoms with E-state index in [2.05, 4.69) is 34.0 Å². The third-order valence-corrected chi connectivity index (χ3v) is 7.79. The van der Waals surface area contributed by atoms with E-state index < -0.39 is 0 Å². The van der Waals surface area contributed by atoms with E-state index in [0.29, 0.717) is 29.0 Å². The maximum absolute atomic E-state index is 12.9. The molecule has 9 nitrogen and oxygen atoms in total. The number of hydrogen-bond donors (Lipinski definition) is 1. The van der Waals surface area contributed by atoms with E-state index in [-0.39, 0.29) is 29.7 Å². The van der Waals surface area contributed by atoms with Gasteiger partial charge in [-0.2, -0.15) is 4.98 Å². The van der Waals surface area contributed by atoms with Crippen molar-refractivity contribution in [1.82, 2.24) is 19.4 Å². The first kappa shape index (κ1) is 27.3. The molecule has 0 radical (unpaired) electrons. The van der Waals surface area contributed by atoms with Crippen LogP contribution in [0.4, 0.5) is 5.13 Å². The van der Waals surface area contributed by atoms with Gasteiger partial charge in [-0.05, 0) is 58.7 Å². The molecular formula is C24H35N5O4S2. The van der Waals surface area contributed by atoms with Crippen LogP contribution >= 0.6 is 23.1 Å². The van der Waals surface area contributed by atoms with Crippen LogP contribution in [0.2, 0.25) is 0 Å². The molecule has 0 fully saturated rings. The molecule has 1 aliphatic carbocycles. The Hall–Kier alpha value is -2.24. The van der Waals surface area contributed by atoms with Crippen molar-refractivity contribution in [2.75, 3.05) is 37.3 Å². The number of rotatable bonds is 13. The number of nitrogens with one attached hydrogen (secondary N) is 1. The molecule has 0 aliphatic heterocycles. The Bertz CT molecular complexity index is 1060. The van der Waals surface area contributed by atoms with E-state index in [1.54, 1.807) is 12.3 Å². The average molecular weight is 522 g/mol. The number of amides is 1. The van der Waals surface area contributed by atoms with Crippen LogP contribution in [-0.4, -0.2) is 63.3 Å². The fraction of sp³-hybridized carbons (Fsp3) is 0.625. The van der Waals surface area contributed by atoms with Crippen molar-refractivity contribution in [1.29, 1.82) is 0 Å². The second kappa shape index (κ2) is 13.7. The van der Waals surface area contributed by atoms with Gasteiger partial charge in [-0.3, -0.25) is 14.2 Å². The molecule has 11 heteroatoms. The monoisotopic (exact) mass is 521 g/mol. The first-order valence-electron chi connectivity index (χ1n) is 12.3. The third kappa shape index (κ3) is 7.88. The van der Waals surface area contributed by atoms with Gasteiger partial charge in [0.2, 0.25) is 5.91 Å². The van der Waals surface area contributed by atoms with E-state index in [4.69, 9.17) is 4.74 Å². The second-order valence-corrected chi connectivity index (χ2v) is 10.1. The molecular weight excluding hydrogens is 486 g/mol. The smallest absolute Gasteiger partial charge is 0.348 e. The van der Waals surface area contributed by atoms with E-state index in [0.717, 1.165) is 63.0 Å². The minimum atomic E-state index is -0.343. The lowest BCUT2D eigenvalue weighted by Gasteiger charge is -2.23. The minimum Gasteiger partial charge on any atom is -0.466 e. The van der Waals surface area contributed by atoms with Crippen LogP contribution in [0.25, 0.3) is 0 Å². The predicted molar refractivity (Wildman–Crippen MR) is 139 cm³/mol. The summed E-state index contributed by atoms with van der Waals surface area (Å²) in [5.41, 5.74) is 2.54. The zero-order chi connectivity index (χ0) is 25.2. The number of nitrogens with zero attached hydrogens (tertiary/aromatic N) is 4. The number of esters is 1. The molecule has 0 saturated carbocycles. The number of thiazole rings is 1. The molecule has 1 amide bonds. The molecule has 0 spiro atoms. The lowest BCUT2D eigenvalue weighted by atomic mass is 9.97. The highest BCUT2D eigenvalue weighted by Crippen LogP contribution is 2.29. The Morgan fingerprint density at radius 1 is 1.20 bits per heavy atom. The summed E-state index contributed by atoms with van der Waals surface area (Å²) in [7, 11) is 0. The fourth-order valence-electron chi connectivity index (χ4n) is 4.18. The number of thioether (sulfide) groups is 1. The molecule has 3 rings (SSSR count). The number of aromatic nitrogens is 3. The summed E-state index contributed by atoms with van der Waals surface area (Å²) >= 11 is 2.57. The molecule has 0 atom stereocenters. The van der Waals surface area contributed by atoms with E-state index >= 15 is 0 Å². The van der Waals surface area contributed by atoms with E-state index in [1.807, 2.05) is 4.57 Å². The van der Waals surface area contributed by atoms with Crippen LogP contribution in [-0.2, 0) is 40.1 Å². The SMILES string of the molecule is CCOC(=O)Cc1csc(NC(=O)CSc2nc(=O)n(CCCN(CC)CC)c3c2CCCC3)n1. The Morgan fingerprint density at radius 3 is 2.71 bits per heavy atom. The van der Waals surface area contributed by atoms with Crippen LogP contribution in [0, 0.1) is 0 Å². The normalized spacial score (nSPS) is 13.0. The highest BCUT2D eigenvalue weighted by molar-refractivity contribution is 8.00. The van der Waals surface area contributed by atoms with Crippen LogP contribution in [0.5, 0.6) is 0 Å². The first-order chi connectivity index (χ1) is 16.9. The molecule has 192 valence electrons. The number of anilines is 1. The first-order valence-corrected chi connectivity index (χ1v) is 14.2. The van der Waals surface area contributed by atoms with Crippen molar-refractivity contribution < 1.29 is 14.3 Å². The van der Waals surface area contributed by atoms with Crippen LogP contribution < -0.4 is 11.0 Å². The molecule has 0 bridgehead atoms. The number of fused-ring (bicyclic) bond motifs is 1. The van der Waals surface area contributed by atoms with Crippen LogP contribution in [0.3, 0.4) is 0 Å². The number of carbonyl (C=O) groups excluding carboxylic acids is 2. The lowest BCUT2D eigenvalue weighted by molar-refractivity contribution is -0.142. The maximum Gasteiger partial charge on any atom is 0.348 e. The summed E-state index contributed by atoms with van der Waals surface area (Å²) in [5.74, 6) is -0.427. The Morgan fingerprint density at radius 2 is 1.97 bits per heavy atom. The van der Waals surface area contributed by atoms with Crippen molar-refractivity contribution >= 4 is 40.1 Å². The number of carbonyl (C=O) groups is 2. The van der Waals surface area contributed by atoms with E-state index in [1.165, 1.54) is 23.1 Å². The van der Waals surface area contributed by atoms with Gasteiger partial charge in [0, 0.05) is 23.2 Å². The Balaban J connectivity index is 1.61. The van der Waals surface area contributed by atoms with Gasteiger partial charge in [0.15, 0.2) is 5.13 Å². The quantitative estimate of drug-likeness (QED) is 0.243. The second-order valence-electron chi connectivity index (χ2n) is 8.33. The van der Waals surface area contributed by atoms with Gasteiger partial charge >= 0.3 is 11.7 Å². The summed E-state index contributed by atoms with van der Waals surface area (Å²) in [5, 5.41) is 5.61. The fourth-order valence-corrected chi connectivity index (χ4v) is 5.79. The highest BCUT2D eigenvalue weighted by atomic mass is 32.2. The predicted octanol–water partition coefficient (Wildman–Crippen LogP) is 3.15. The van der Waals surface area contributed by atoms with Crippen molar-refractivity contribution in [3.05, 3.63) is 32.8 Å². The van der Waals surface area contributed by atoms with Crippen molar-refractivity contribution in [2.24, 2.45) is 0 Å². The molecule has 1 N–H and O–H groups in total. The molecule has 2 aromatic heterocycles. The zero-order valence-electron chi connectivity index (χ0n) is 20.8. The molecule has 1 aliphatic rings. The van der Waals surface area contributed by atoms with Gasteiger partial charge in [0.25, 0.3) is 0 Å². The number of ether oxygens (including phenoxy) is 1. The molecule has 0 saturated heterocycles. The molecule has 0 aromatic carbocycles. The zero-order valence-corrected chi connectivity index (χ0v) is 22.4. The summed E-state index contributed by atoms with van der Waals surface area (Å²) < 4.78 is 6.78. The van der Waals surface area contributed by atoms with Gasteiger partial charge in [0.05, 0.1) is 24.5 Å². The summed E-state index contributed by atoms with van der Waals surface area (Å²) in [6.07, 6.45) is 4.88. The van der Waals surface area contributed by atoms with Gasteiger partial charge in [0.1, 0.15) is 5.03 Å². The largest absolute Gasteiger partial charge is 0.466 e. The Labute approximate surface area is 214 Å². The standard InChI is InChI=1S/C24H35N5O4S2/c1-4-28(5-2)12-9-13-29-19-11-8-7-10-18(19)22(27-24(29)32)34-16-20(30)26-23-25-17(15-35-23)14-21(31)33-6-3/h15H,4-14,16H2,1-3H3,(H,25,26,30). The van der Waals surface area contributed by atoms with Crippen LogP contribution in [0.15, 0.2) is 15.2 Å². The van der Waals surface area contributed by atoms with Gasteiger partial charge in [-0.15, -0.1) is 11.3 Å². The highest BCUT2D eigenvalue weighted by Gasteiger charge is 2.21. The maximum atomic E-state index is 12.9. The van der Waals surface area contributed by atoms with Gasteiger partial charge in [-0.25, -0.2) is 9.78 Å². The van der Waals surface area contributed by atoms with Crippen molar-refractivity contribution in [2.45, 2.75) is 70.9 Å². The Kier molecular flexibility index (Phi) is 10.7. The summed E-state index contributed by atoms with van der Waals surface area (Å²) in [4.78, 5) is 48.0. The molecule has 2 aromatic rings.